The number of nitrogens with one attached hydrogen (secondary N) is 1. The number of rotatable bonds is 4. The molecule has 0 saturated carbocycles. The summed E-state index contributed by atoms with van der Waals surface area (Å²) in [5.41, 5.74) is 1.08. The molecule has 23 heavy (non-hydrogen) atoms. The van der Waals surface area contributed by atoms with Gasteiger partial charge in [-0.05, 0) is 42.5 Å². The Morgan fingerprint density at radius 2 is 1.91 bits per heavy atom. The van der Waals surface area contributed by atoms with E-state index in [0.29, 0.717) is 17.3 Å². The van der Waals surface area contributed by atoms with Gasteiger partial charge in [0, 0.05) is 11.6 Å². The first-order chi connectivity index (χ1) is 11.1. The summed E-state index contributed by atoms with van der Waals surface area (Å²) in [6.07, 6.45) is 0. The minimum absolute atomic E-state index is 0.0419. The van der Waals surface area contributed by atoms with Crippen LogP contribution < -0.4 is 4.74 Å². The molecule has 1 N–H and O–H groups in total. The van der Waals surface area contributed by atoms with Crippen molar-refractivity contribution in [3.05, 3.63) is 63.4 Å². The van der Waals surface area contributed by atoms with Crippen LogP contribution in [0, 0.1) is 14.9 Å². The molecule has 0 bridgehead atoms. The van der Waals surface area contributed by atoms with Gasteiger partial charge in [0.1, 0.15) is 11.4 Å². The van der Waals surface area contributed by atoms with Gasteiger partial charge in [0.15, 0.2) is 10.6 Å². The number of methoxy groups -OCH3 is 1. The highest BCUT2D eigenvalue weighted by Gasteiger charge is 2.19. The molecule has 7 nitrogen and oxygen atoms in total. The van der Waals surface area contributed by atoms with Crippen LogP contribution in [0.15, 0.2) is 48.5 Å². The van der Waals surface area contributed by atoms with Crippen LogP contribution in [0.4, 0.5) is 5.69 Å². The maximum Gasteiger partial charge on any atom is 0.293 e. The van der Waals surface area contributed by atoms with E-state index < -0.39 is 4.92 Å². The van der Waals surface area contributed by atoms with Gasteiger partial charge in [0.05, 0.1) is 12.0 Å². The summed E-state index contributed by atoms with van der Waals surface area (Å²) in [6.45, 7) is 0. The zero-order valence-corrected chi connectivity index (χ0v) is 12.9. The monoisotopic (exact) mass is 328 g/mol. The molecule has 0 amide bonds. The fraction of sp³-hybridized carbons (Fsp3) is 0.0667. The minimum atomic E-state index is -0.443. The van der Waals surface area contributed by atoms with Gasteiger partial charge in [-0.3, -0.25) is 19.8 Å². The van der Waals surface area contributed by atoms with Gasteiger partial charge in [-0.15, -0.1) is 0 Å². The average molecular weight is 328 g/mol. The van der Waals surface area contributed by atoms with Gasteiger partial charge in [-0.2, -0.15) is 5.10 Å². The third kappa shape index (κ3) is 2.71. The summed E-state index contributed by atoms with van der Waals surface area (Å²) in [7, 11) is 1.58. The molecule has 0 radical (unpaired) electrons. The van der Waals surface area contributed by atoms with E-state index in [0.717, 1.165) is 5.56 Å². The van der Waals surface area contributed by atoms with E-state index in [1.165, 1.54) is 6.07 Å². The van der Waals surface area contributed by atoms with Crippen molar-refractivity contribution in [3.8, 4) is 22.8 Å². The second-order valence-corrected chi connectivity index (χ2v) is 5.05. The van der Waals surface area contributed by atoms with Gasteiger partial charge in [0.25, 0.3) is 5.69 Å². The molecule has 3 rings (SSSR count). The number of hydrogen-bond donors (Lipinski definition) is 1. The molecule has 0 saturated heterocycles. The van der Waals surface area contributed by atoms with E-state index in [9.17, 15) is 10.1 Å². The third-order valence-corrected chi connectivity index (χ3v) is 3.61. The van der Waals surface area contributed by atoms with Gasteiger partial charge in [-0.25, -0.2) is 0 Å². The van der Waals surface area contributed by atoms with Gasteiger partial charge in [-0.1, -0.05) is 12.1 Å². The van der Waals surface area contributed by atoms with Crippen LogP contribution in [0.3, 0.4) is 0 Å². The quantitative estimate of drug-likeness (QED) is 0.450. The Kier molecular flexibility index (Phi) is 3.90. The zero-order valence-electron chi connectivity index (χ0n) is 12.1. The zero-order chi connectivity index (χ0) is 16.4. The van der Waals surface area contributed by atoms with Crippen molar-refractivity contribution < 1.29 is 9.66 Å². The molecule has 3 aromatic rings. The Labute approximate surface area is 136 Å². The van der Waals surface area contributed by atoms with Crippen LogP contribution in [-0.4, -0.2) is 26.8 Å². The number of ether oxygens (including phenoxy) is 1. The van der Waals surface area contributed by atoms with Crippen LogP contribution in [0.5, 0.6) is 5.75 Å². The molecular formula is C15H12N4O3S. The van der Waals surface area contributed by atoms with Gasteiger partial charge in [0.2, 0.25) is 0 Å². The predicted octanol–water partition coefficient (Wildman–Crippen LogP) is 3.51. The lowest BCUT2D eigenvalue weighted by Crippen LogP contribution is -2.02. The van der Waals surface area contributed by atoms with Crippen LogP contribution in [-0.2, 0) is 0 Å². The predicted molar refractivity (Wildman–Crippen MR) is 87.4 cm³/mol. The van der Waals surface area contributed by atoms with E-state index in [2.05, 4.69) is 10.2 Å². The maximum absolute atomic E-state index is 11.3. The highest BCUT2D eigenvalue weighted by Crippen LogP contribution is 2.28. The highest BCUT2D eigenvalue weighted by molar-refractivity contribution is 7.71. The Morgan fingerprint density at radius 1 is 1.22 bits per heavy atom. The van der Waals surface area contributed by atoms with E-state index in [1.54, 1.807) is 42.0 Å². The Balaban J connectivity index is 2.20. The molecule has 0 aliphatic carbocycles. The first-order valence-electron chi connectivity index (χ1n) is 6.67. The molecule has 1 heterocycles. The number of aromatic amines is 1. The standard InChI is InChI=1S/C15H12N4O3S/c1-22-11-8-6-10(7-9-11)14-16-17-15(23)18(14)12-4-2-3-5-13(12)19(20)21/h2-9H,1H3,(H,17,23). The molecule has 2 aromatic carbocycles. The summed E-state index contributed by atoms with van der Waals surface area (Å²) >= 11 is 5.25. The molecular weight excluding hydrogens is 316 g/mol. The van der Waals surface area contributed by atoms with Crippen LogP contribution in [0.25, 0.3) is 17.1 Å². The number of aromatic nitrogens is 3. The van der Waals surface area contributed by atoms with Crippen LogP contribution >= 0.6 is 12.2 Å². The van der Waals surface area contributed by atoms with E-state index in [4.69, 9.17) is 17.0 Å². The maximum atomic E-state index is 11.3. The molecule has 0 spiro atoms. The molecule has 0 unspecified atom stereocenters. The number of para-hydroxylation sites is 2. The molecule has 1 aromatic heterocycles. The second kappa shape index (κ2) is 6.01. The summed E-state index contributed by atoms with van der Waals surface area (Å²) in [5, 5.41) is 18.2. The summed E-state index contributed by atoms with van der Waals surface area (Å²) in [6, 6.07) is 13.6. The first-order valence-corrected chi connectivity index (χ1v) is 7.08. The normalized spacial score (nSPS) is 10.5. The number of H-pyrrole nitrogens is 1. The Morgan fingerprint density at radius 3 is 2.57 bits per heavy atom. The number of nitro benzene ring substituents is 1. The molecule has 0 aliphatic rings. The number of benzene rings is 2. The van der Waals surface area contributed by atoms with Crippen molar-refractivity contribution in [2.75, 3.05) is 7.11 Å². The van der Waals surface area contributed by atoms with Crippen molar-refractivity contribution in [1.29, 1.82) is 0 Å². The van der Waals surface area contributed by atoms with Crippen molar-refractivity contribution in [1.82, 2.24) is 14.8 Å². The minimum Gasteiger partial charge on any atom is -0.497 e. The Hall–Kier alpha value is -3.00. The number of nitro groups is 1. The van der Waals surface area contributed by atoms with E-state index in [-0.39, 0.29) is 10.5 Å². The summed E-state index contributed by atoms with van der Waals surface area (Å²) < 4.78 is 6.96. The van der Waals surface area contributed by atoms with E-state index in [1.807, 2.05) is 12.1 Å². The SMILES string of the molecule is COc1ccc(-c2n[nH]c(=S)n2-c2ccccc2[N+](=O)[O-])cc1. The van der Waals surface area contributed by atoms with Gasteiger partial charge < -0.3 is 4.74 Å². The lowest BCUT2D eigenvalue weighted by atomic mass is 10.2. The van der Waals surface area contributed by atoms with Crippen LogP contribution in [0.1, 0.15) is 0 Å². The molecule has 0 aliphatic heterocycles. The summed E-state index contributed by atoms with van der Waals surface area (Å²) in [4.78, 5) is 10.8. The largest absolute Gasteiger partial charge is 0.497 e. The molecule has 8 heteroatoms. The molecule has 116 valence electrons. The van der Waals surface area contributed by atoms with Crippen molar-refractivity contribution in [3.63, 3.8) is 0 Å². The smallest absolute Gasteiger partial charge is 0.293 e. The first kappa shape index (κ1) is 14.9. The van der Waals surface area contributed by atoms with Crippen LogP contribution in [0.2, 0.25) is 0 Å². The lowest BCUT2D eigenvalue weighted by molar-refractivity contribution is -0.384. The lowest BCUT2D eigenvalue weighted by Gasteiger charge is -2.08. The number of nitrogens with zero attached hydrogens (tertiary/aromatic N) is 3. The van der Waals surface area contributed by atoms with Crippen molar-refractivity contribution >= 4 is 17.9 Å². The summed E-state index contributed by atoms with van der Waals surface area (Å²) in [5.74, 6) is 1.20. The fourth-order valence-corrected chi connectivity index (χ4v) is 2.49. The van der Waals surface area contributed by atoms with Crippen molar-refractivity contribution in [2.24, 2.45) is 0 Å². The number of hydrogen-bond acceptors (Lipinski definition) is 5. The average Bonchev–Trinajstić information content (AvgIpc) is 2.96. The molecule has 0 atom stereocenters. The highest BCUT2D eigenvalue weighted by atomic mass is 32.1. The van der Waals surface area contributed by atoms with E-state index >= 15 is 0 Å². The van der Waals surface area contributed by atoms with Crippen molar-refractivity contribution in [2.45, 2.75) is 0 Å². The Bertz CT molecular complexity index is 915. The van der Waals surface area contributed by atoms with Gasteiger partial charge >= 0.3 is 0 Å². The second-order valence-electron chi connectivity index (χ2n) is 4.66. The topological polar surface area (TPSA) is 86.0 Å². The fourth-order valence-electron chi connectivity index (χ4n) is 2.26. The third-order valence-electron chi connectivity index (χ3n) is 3.34. The molecule has 0 fully saturated rings.